The molecule has 68 valence electrons. The maximum absolute atomic E-state index is 8.56. The van der Waals surface area contributed by atoms with E-state index >= 15 is 0 Å². The van der Waals surface area contributed by atoms with Crippen molar-refractivity contribution in [3.05, 3.63) is 0 Å². The van der Waals surface area contributed by atoms with Crippen molar-refractivity contribution in [3.63, 3.8) is 0 Å². The average Bonchev–Trinajstić information content (AvgIpc) is 1.25. The Balaban J connectivity index is -0.0000000112. The minimum absolute atomic E-state index is 0. The van der Waals surface area contributed by atoms with Crippen LogP contribution in [0.15, 0.2) is 0 Å². The second-order valence-electron chi connectivity index (χ2n) is 0.565. The summed E-state index contributed by atoms with van der Waals surface area (Å²) in [6.07, 6.45) is -3.67. The van der Waals surface area contributed by atoms with Gasteiger partial charge in [0.05, 0.1) is 0 Å². The Bertz CT molecular complexity index is 79.4. The van der Waals surface area contributed by atoms with Gasteiger partial charge in [0.15, 0.2) is 17.4 Å². The van der Waals surface area contributed by atoms with E-state index in [9.17, 15) is 0 Å². The van der Waals surface area contributed by atoms with Crippen LogP contribution in [-0.2, 0) is 0 Å². The molecular weight excluding hydrogens is 210 g/mol. The van der Waals surface area contributed by atoms with Crippen molar-refractivity contribution < 1.29 is 35.5 Å². The molecule has 10 heteroatoms. The molecular formula is C2H12AlMgNaO7. The van der Waals surface area contributed by atoms with Gasteiger partial charge in [-0.3, -0.25) is 0 Å². The summed E-state index contributed by atoms with van der Waals surface area (Å²) in [5.74, 6) is 0. The molecule has 0 heterocycles. The third kappa shape index (κ3) is 1630. The Morgan fingerprint density at radius 2 is 0.833 bits per heavy atom. The van der Waals surface area contributed by atoms with Crippen LogP contribution >= 0.6 is 0 Å². The molecule has 0 bridgehead atoms. The van der Waals surface area contributed by atoms with Crippen LogP contribution in [0.2, 0.25) is 0 Å². The monoisotopic (exact) mass is 222 g/mol. The van der Waals surface area contributed by atoms with Gasteiger partial charge in [-0.15, -0.1) is 0 Å². The summed E-state index contributed by atoms with van der Waals surface area (Å²) < 4.78 is 0. The molecule has 7 nitrogen and oxygen atoms in total. The molecule has 0 spiro atoms. The minimum atomic E-state index is -1.83. The van der Waals surface area contributed by atoms with Crippen molar-refractivity contribution in [1.82, 2.24) is 0 Å². The molecule has 0 radical (unpaired) electrons. The molecule has 0 unspecified atom stereocenters. The van der Waals surface area contributed by atoms with E-state index in [1.807, 2.05) is 0 Å². The van der Waals surface area contributed by atoms with E-state index in [2.05, 4.69) is 0 Å². The third-order valence-electron chi connectivity index (χ3n) is 0. The summed E-state index contributed by atoms with van der Waals surface area (Å²) in [4.78, 5) is 17.1. The van der Waals surface area contributed by atoms with Gasteiger partial charge in [0.25, 0.3) is 0 Å². The zero-order chi connectivity index (χ0) is 7.15. The van der Waals surface area contributed by atoms with Gasteiger partial charge in [-0.05, 0) is 0 Å². The van der Waals surface area contributed by atoms with Gasteiger partial charge in [-0.25, -0.2) is 9.59 Å². The van der Waals surface area contributed by atoms with Crippen molar-refractivity contribution in [2.45, 2.75) is 0 Å². The standard InChI is InChI=1S/2CH2O3.Al.Mg.Na.H2O.6H/c2*2-1(3)4;;;;;;;;;;/h2*(H2,2,3,4);;;;1H2;;;;;;. The molecule has 0 saturated heterocycles. The zero-order valence-corrected chi connectivity index (χ0v) is 4.11. The first-order chi connectivity index (χ1) is 3.46. The molecule has 0 rings (SSSR count). The summed E-state index contributed by atoms with van der Waals surface area (Å²) >= 11 is 0. The van der Waals surface area contributed by atoms with Crippen LogP contribution in [0.25, 0.3) is 0 Å². The molecule has 0 fully saturated rings. The van der Waals surface area contributed by atoms with Gasteiger partial charge < -0.3 is 25.9 Å². The van der Waals surface area contributed by atoms with E-state index in [1.165, 1.54) is 0 Å². The Hall–Kier alpha value is 0.799. The Kier molecular flexibility index (Phi) is 95.6. The first-order valence-corrected chi connectivity index (χ1v) is 1.30. The molecule has 0 aliphatic rings. The summed E-state index contributed by atoms with van der Waals surface area (Å²) in [6, 6.07) is 0. The molecule has 0 aliphatic carbocycles. The van der Waals surface area contributed by atoms with Gasteiger partial charge in [0.1, 0.15) is 0 Å². The van der Waals surface area contributed by atoms with Gasteiger partial charge in [-0.1, -0.05) is 0 Å². The zero-order valence-electron chi connectivity index (χ0n) is 4.11. The summed E-state index contributed by atoms with van der Waals surface area (Å²) in [7, 11) is 0. The van der Waals surface area contributed by atoms with Crippen LogP contribution in [0.1, 0.15) is 0 Å². The fourth-order valence-corrected chi connectivity index (χ4v) is 0. The summed E-state index contributed by atoms with van der Waals surface area (Å²) in [5, 5.41) is 27.9. The van der Waals surface area contributed by atoms with E-state index in [4.69, 9.17) is 30.0 Å². The van der Waals surface area contributed by atoms with Crippen LogP contribution in [0.4, 0.5) is 9.59 Å². The first kappa shape index (κ1) is 38.5. The van der Waals surface area contributed by atoms with Crippen LogP contribution in [0.3, 0.4) is 0 Å². The fourth-order valence-electron chi connectivity index (χ4n) is 0. The molecule has 0 aromatic carbocycles. The number of hydrogen-bond acceptors (Lipinski definition) is 2. The first-order valence-electron chi connectivity index (χ1n) is 1.30. The van der Waals surface area contributed by atoms with Gasteiger partial charge >= 0.3 is 64.9 Å². The molecule has 0 atom stereocenters. The SMILES string of the molecule is O.O=C(O)O.O=C(O)O.[AlH3].[MgH2].[NaH]. The van der Waals surface area contributed by atoms with E-state index in [0.717, 1.165) is 0 Å². The van der Waals surface area contributed by atoms with Gasteiger partial charge in [0, 0.05) is 0 Å². The van der Waals surface area contributed by atoms with Crippen molar-refractivity contribution in [2.24, 2.45) is 0 Å². The summed E-state index contributed by atoms with van der Waals surface area (Å²) in [6.45, 7) is 0. The maximum atomic E-state index is 8.56. The third-order valence-corrected chi connectivity index (χ3v) is 0. The predicted molar refractivity (Wildman–Crippen MR) is 50.6 cm³/mol. The average molecular weight is 222 g/mol. The quantitative estimate of drug-likeness (QED) is 0.319. The van der Waals surface area contributed by atoms with Crippen LogP contribution in [-0.4, -0.2) is 108 Å². The Labute approximate surface area is 117 Å². The molecule has 0 aliphatic heterocycles. The van der Waals surface area contributed by atoms with Gasteiger partial charge in [-0.2, -0.15) is 0 Å². The molecule has 0 aromatic heterocycles. The molecule has 0 aromatic rings. The van der Waals surface area contributed by atoms with Crippen molar-refractivity contribution in [3.8, 4) is 0 Å². The number of carboxylic acid groups (broad SMARTS) is 4. The second kappa shape index (κ2) is 29.8. The van der Waals surface area contributed by atoms with Gasteiger partial charge in [0.2, 0.25) is 0 Å². The Morgan fingerprint density at radius 3 is 0.833 bits per heavy atom. The molecule has 0 amide bonds. The van der Waals surface area contributed by atoms with E-state index < -0.39 is 12.3 Å². The number of rotatable bonds is 0. The number of carbonyl (C=O) groups is 2. The van der Waals surface area contributed by atoms with Crippen LogP contribution < -0.4 is 0 Å². The second-order valence-corrected chi connectivity index (χ2v) is 0.565. The number of hydrogen-bond donors (Lipinski definition) is 4. The van der Waals surface area contributed by atoms with E-state index in [1.54, 1.807) is 0 Å². The van der Waals surface area contributed by atoms with E-state index in [-0.39, 0.29) is 75.4 Å². The predicted octanol–water partition coefficient (Wildman–Crippen LogP) is -3.13. The Morgan fingerprint density at radius 1 is 0.833 bits per heavy atom. The molecule has 0 saturated carbocycles. The van der Waals surface area contributed by atoms with Crippen LogP contribution in [0.5, 0.6) is 0 Å². The van der Waals surface area contributed by atoms with Crippen molar-refractivity contribution in [1.29, 1.82) is 0 Å². The van der Waals surface area contributed by atoms with Crippen LogP contribution in [0, 0.1) is 0 Å². The fraction of sp³-hybridized carbons (Fsp3) is 0. The normalized spacial score (nSPS) is 4.00. The topological polar surface area (TPSA) is 147 Å². The molecule has 12 heavy (non-hydrogen) atoms. The van der Waals surface area contributed by atoms with Crippen molar-refractivity contribution in [2.75, 3.05) is 0 Å². The van der Waals surface area contributed by atoms with Crippen molar-refractivity contribution >= 4 is 82.3 Å². The van der Waals surface area contributed by atoms with E-state index in [0.29, 0.717) is 0 Å². The summed E-state index contributed by atoms with van der Waals surface area (Å²) in [5.41, 5.74) is 0. The molecule has 6 N–H and O–H groups in total.